The van der Waals surface area contributed by atoms with Crippen LogP contribution < -0.4 is 15.0 Å². The summed E-state index contributed by atoms with van der Waals surface area (Å²) < 4.78 is 5.27. The zero-order valence-corrected chi connectivity index (χ0v) is 19.2. The first kappa shape index (κ1) is 22.6. The predicted molar refractivity (Wildman–Crippen MR) is 131 cm³/mol. The summed E-state index contributed by atoms with van der Waals surface area (Å²) in [5.74, 6) is 0.213. The van der Waals surface area contributed by atoms with E-state index in [2.05, 4.69) is 30.4 Å². The summed E-state index contributed by atoms with van der Waals surface area (Å²) in [6.07, 6.45) is 1.93. The van der Waals surface area contributed by atoms with Crippen LogP contribution in [0.3, 0.4) is 0 Å². The lowest BCUT2D eigenvalue weighted by Gasteiger charge is -2.27. The van der Waals surface area contributed by atoms with Crippen LogP contribution in [0.4, 0.5) is 11.4 Å². The number of para-hydroxylation sites is 2. The van der Waals surface area contributed by atoms with Crippen LogP contribution in [-0.4, -0.2) is 44.5 Å². The van der Waals surface area contributed by atoms with E-state index in [1.165, 1.54) is 12.7 Å². The number of ether oxygens (including phenoxy) is 1. The van der Waals surface area contributed by atoms with Gasteiger partial charge in [0.15, 0.2) is 0 Å². The molecule has 1 heterocycles. The van der Waals surface area contributed by atoms with Crippen LogP contribution in [0.2, 0.25) is 0 Å². The lowest BCUT2D eigenvalue weighted by molar-refractivity contribution is 0.0985. The van der Waals surface area contributed by atoms with Gasteiger partial charge in [0.1, 0.15) is 5.75 Å². The molecule has 1 unspecified atom stereocenters. The Labute approximate surface area is 194 Å². The van der Waals surface area contributed by atoms with Crippen LogP contribution in [0, 0.1) is 0 Å². The molecule has 0 radical (unpaired) electrons. The maximum atomic E-state index is 13.4. The van der Waals surface area contributed by atoms with Crippen molar-refractivity contribution in [1.29, 1.82) is 0 Å². The number of rotatable bonds is 5. The summed E-state index contributed by atoms with van der Waals surface area (Å²) >= 11 is 0. The van der Waals surface area contributed by atoms with Gasteiger partial charge in [-0.15, -0.1) is 0 Å². The number of carbonyl (C=O) groups excluding carboxylic acids is 2. The van der Waals surface area contributed by atoms with E-state index in [1.54, 1.807) is 42.5 Å². The van der Waals surface area contributed by atoms with Crippen molar-refractivity contribution in [2.45, 2.75) is 18.9 Å². The first-order valence-corrected chi connectivity index (χ1v) is 11.1. The molecule has 0 saturated carbocycles. The fourth-order valence-electron chi connectivity index (χ4n) is 4.36. The van der Waals surface area contributed by atoms with Gasteiger partial charge in [-0.1, -0.05) is 30.3 Å². The Kier molecular flexibility index (Phi) is 6.75. The van der Waals surface area contributed by atoms with Crippen LogP contribution in [0.25, 0.3) is 0 Å². The van der Waals surface area contributed by atoms with Crippen LogP contribution in [-0.2, 0) is 0 Å². The molecule has 0 spiro atoms. The molecule has 1 atom stereocenters. The normalized spacial score (nSPS) is 15.5. The van der Waals surface area contributed by atoms with Crippen molar-refractivity contribution in [3.8, 4) is 5.75 Å². The number of nitrogens with zero attached hydrogens (tertiary/aromatic N) is 2. The second-order valence-electron chi connectivity index (χ2n) is 8.37. The molecule has 0 aliphatic carbocycles. The minimum absolute atomic E-state index is 0.0375. The number of nitrogens with one attached hydrogen (secondary N) is 1. The largest absolute Gasteiger partial charge is 0.496 e. The fraction of sp³-hybridized carbons (Fsp3) is 0.259. The van der Waals surface area contributed by atoms with Crippen LogP contribution >= 0.6 is 0 Å². The number of carbonyl (C=O) groups is 2. The van der Waals surface area contributed by atoms with Crippen molar-refractivity contribution in [3.63, 3.8) is 0 Å². The molecule has 2 amide bonds. The molecular formula is C27H29N3O3. The zero-order valence-electron chi connectivity index (χ0n) is 19.2. The lowest BCUT2D eigenvalue weighted by atomic mass is 10.0. The highest BCUT2D eigenvalue weighted by Gasteiger charge is 2.27. The van der Waals surface area contributed by atoms with Crippen LogP contribution in [0.15, 0.2) is 72.8 Å². The number of hydrogen-bond acceptors (Lipinski definition) is 4. The third-order valence-electron chi connectivity index (χ3n) is 6.06. The molecule has 3 aromatic rings. The van der Waals surface area contributed by atoms with Gasteiger partial charge in [0.05, 0.1) is 12.7 Å². The van der Waals surface area contributed by atoms with Crippen molar-refractivity contribution in [3.05, 3.63) is 89.5 Å². The molecule has 4 rings (SSSR count). The molecule has 1 aliphatic heterocycles. The third kappa shape index (κ3) is 4.76. The van der Waals surface area contributed by atoms with Gasteiger partial charge < -0.3 is 19.9 Å². The molecule has 6 heteroatoms. The Balaban J connectivity index is 1.54. The molecule has 6 nitrogen and oxygen atoms in total. The highest BCUT2D eigenvalue weighted by Crippen LogP contribution is 2.36. The maximum absolute atomic E-state index is 13.4. The summed E-state index contributed by atoms with van der Waals surface area (Å²) in [4.78, 5) is 30.2. The minimum atomic E-state index is -0.261. The van der Waals surface area contributed by atoms with Gasteiger partial charge in [0, 0.05) is 29.5 Å². The van der Waals surface area contributed by atoms with Gasteiger partial charge in [-0.05, 0) is 75.0 Å². The van der Waals surface area contributed by atoms with Crippen molar-refractivity contribution in [1.82, 2.24) is 4.90 Å². The van der Waals surface area contributed by atoms with Gasteiger partial charge in [-0.2, -0.15) is 0 Å². The van der Waals surface area contributed by atoms with Gasteiger partial charge in [0.25, 0.3) is 11.8 Å². The molecule has 1 N–H and O–H groups in total. The van der Waals surface area contributed by atoms with Crippen LogP contribution in [0.1, 0.15) is 45.2 Å². The SMILES string of the molecule is COc1ccccc1C(=O)Nc1ccc(C(=O)N2CCCC(N(C)C)c3ccccc32)cc1. The number of fused-ring (bicyclic) bond motifs is 1. The van der Waals surface area contributed by atoms with E-state index >= 15 is 0 Å². The van der Waals surface area contributed by atoms with Crippen molar-refractivity contribution in [2.24, 2.45) is 0 Å². The van der Waals surface area contributed by atoms with E-state index in [0.29, 0.717) is 29.1 Å². The van der Waals surface area contributed by atoms with E-state index in [-0.39, 0.29) is 17.9 Å². The number of benzene rings is 3. The topological polar surface area (TPSA) is 61.9 Å². The van der Waals surface area contributed by atoms with Gasteiger partial charge >= 0.3 is 0 Å². The van der Waals surface area contributed by atoms with Gasteiger partial charge in [-0.3, -0.25) is 9.59 Å². The standard InChI is InChI=1S/C27H29N3O3/c1-29(2)23-12-8-18-30(24-11-6-4-9-21(23)24)27(32)19-14-16-20(17-15-19)28-26(31)22-10-5-7-13-25(22)33-3/h4-7,9-11,13-17,23H,8,12,18H2,1-3H3,(H,28,31). The first-order chi connectivity index (χ1) is 16.0. The van der Waals surface area contributed by atoms with Crippen molar-refractivity contribution >= 4 is 23.2 Å². The Hall–Kier alpha value is -3.64. The molecule has 0 saturated heterocycles. The Bertz CT molecular complexity index is 1140. The number of hydrogen-bond donors (Lipinski definition) is 1. The average molecular weight is 444 g/mol. The van der Waals surface area contributed by atoms with Gasteiger partial charge in [-0.25, -0.2) is 0 Å². The van der Waals surface area contributed by atoms with E-state index in [1.807, 2.05) is 29.2 Å². The summed E-state index contributed by atoms with van der Waals surface area (Å²) in [5.41, 5.74) is 3.80. The maximum Gasteiger partial charge on any atom is 0.259 e. The number of methoxy groups -OCH3 is 1. The molecule has 3 aromatic carbocycles. The summed E-state index contributed by atoms with van der Waals surface area (Å²) in [6.45, 7) is 0.673. The highest BCUT2D eigenvalue weighted by molar-refractivity contribution is 6.08. The van der Waals surface area contributed by atoms with E-state index < -0.39 is 0 Å². The monoisotopic (exact) mass is 443 g/mol. The fourth-order valence-corrected chi connectivity index (χ4v) is 4.36. The smallest absolute Gasteiger partial charge is 0.259 e. The predicted octanol–water partition coefficient (Wildman–Crippen LogP) is 4.99. The van der Waals surface area contributed by atoms with Crippen LogP contribution in [0.5, 0.6) is 5.75 Å². The highest BCUT2D eigenvalue weighted by atomic mass is 16.5. The van der Waals surface area contributed by atoms with Gasteiger partial charge in [0.2, 0.25) is 0 Å². The molecule has 33 heavy (non-hydrogen) atoms. The number of amides is 2. The Morgan fingerprint density at radius 3 is 2.39 bits per heavy atom. The Morgan fingerprint density at radius 2 is 1.67 bits per heavy atom. The Morgan fingerprint density at radius 1 is 0.970 bits per heavy atom. The number of anilines is 2. The molecule has 0 fully saturated rings. The second kappa shape index (κ2) is 9.88. The molecule has 170 valence electrons. The summed E-state index contributed by atoms with van der Waals surface area (Å²) in [6, 6.07) is 22.5. The van der Waals surface area contributed by atoms with Crippen molar-refractivity contribution in [2.75, 3.05) is 38.0 Å². The molecular weight excluding hydrogens is 414 g/mol. The second-order valence-corrected chi connectivity index (χ2v) is 8.37. The minimum Gasteiger partial charge on any atom is -0.496 e. The summed E-state index contributed by atoms with van der Waals surface area (Å²) in [7, 11) is 5.70. The zero-order chi connectivity index (χ0) is 23.4. The molecule has 0 bridgehead atoms. The van der Waals surface area contributed by atoms with Crippen molar-refractivity contribution < 1.29 is 14.3 Å². The average Bonchev–Trinajstić information content (AvgIpc) is 3.04. The van der Waals surface area contributed by atoms with E-state index in [0.717, 1.165) is 18.5 Å². The van der Waals surface area contributed by atoms with E-state index in [4.69, 9.17) is 4.74 Å². The van der Waals surface area contributed by atoms with E-state index in [9.17, 15) is 9.59 Å². The molecule has 1 aliphatic rings. The first-order valence-electron chi connectivity index (χ1n) is 11.1. The summed E-state index contributed by atoms with van der Waals surface area (Å²) in [5, 5.41) is 2.87. The quantitative estimate of drug-likeness (QED) is 0.603. The molecule has 0 aromatic heterocycles. The lowest BCUT2D eigenvalue weighted by Crippen LogP contribution is -2.31. The third-order valence-corrected chi connectivity index (χ3v) is 6.06.